The third-order valence-electron chi connectivity index (χ3n) is 17.1. The SMILES string of the molecule is CCCCCCC/C=C\C/C=C\CCCCCCCCCCCCCCCCCCCCCCCCCC(=O)OC(COC(=O)CCCCCCCCCCCCCCCCCCCCCCCCCCCCCC)COP(=O)(O)OCCN. The first-order chi connectivity index (χ1) is 41.3. The topological polar surface area (TPSA) is 134 Å². The van der Waals surface area contributed by atoms with Crippen molar-refractivity contribution < 1.29 is 37.6 Å². The zero-order chi connectivity index (χ0) is 60.9. The Hall–Kier alpha value is -1.51. The Morgan fingerprint density at radius 3 is 0.905 bits per heavy atom. The van der Waals surface area contributed by atoms with Crippen LogP contribution in [0.15, 0.2) is 24.3 Å². The molecular formula is C74H144NO8P. The molecular weight excluding hydrogens is 1060 g/mol. The van der Waals surface area contributed by atoms with E-state index < -0.39 is 26.5 Å². The van der Waals surface area contributed by atoms with Gasteiger partial charge in [-0.3, -0.25) is 18.6 Å². The van der Waals surface area contributed by atoms with E-state index in [0.717, 1.165) is 38.5 Å². The molecule has 0 aliphatic carbocycles. The van der Waals surface area contributed by atoms with Gasteiger partial charge in [0.1, 0.15) is 6.61 Å². The molecule has 3 N–H and O–H groups in total. The van der Waals surface area contributed by atoms with Gasteiger partial charge in [-0.2, -0.15) is 0 Å². The number of carbonyl (C=O) groups is 2. The van der Waals surface area contributed by atoms with Gasteiger partial charge in [0.15, 0.2) is 6.10 Å². The van der Waals surface area contributed by atoms with Crippen LogP contribution in [0.1, 0.15) is 406 Å². The van der Waals surface area contributed by atoms with Crippen LogP contribution in [0.5, 0.6) is 0 Å². The summed E-state index contributed by atoms with van der Waals surface area (Å²) in [5.74, 6) is -0.799. The number of rotatable bonds is 72. The van der Waals surface area contributed by atoms with Crippen molar-refractivity contribution in [2.24, 2.45) is 5.73 Å². The lowest BCUT2D eigenvalue weighted by Crippen LogP contribution is -2.29. The Balaban J connectivity index is 3.77. The first kappa shape index (κ1) is 82.5. The summed E-state index contributed by atoms with van der Waals surface area (Å²) in [4.78, 5) is 35.4. The van der Waals surface area contributed by atoms with Crippen molar-refractivity contribution in [1.82, 2.24) is 0 Å². The molecule has 84 heavy (non-hydrogen) atoms. The number of allylic oxidation sites excluding steroid dienone is 4. The number of phosphoric ester groups is 1. The third kappa shape index (κ3) is 69.6. The van der Waals surface area contributed by atoms with Crippen molar-refractivity contribution in [3.63, 3.8) is 0 Å². The number of phosphoric acid groups is 1. The molecule has 0 amide bonds. The lowest BCUT2D eigenvalue weighted by atomic mass is 10.0. The molecule has 0 radical (unpaired) electrons. The molecule has 0 bridgehead atoms. The fourth-order valence-corrected chi connectivity index (χ4v) is 12.3. The third-order valence-corrected chi connectivity index (χ3v) is 18.1. The predicted octanol–water partition coefficient (Wildman–Crippen LogP) is 24.5. The summed E-state index contributed by atoms with van der Waals surface area (Å²) >= 11 is 0. The monoisotopic (exact) mass is 1210 g/mol. The van der Waals surface area contributed by atoms with Gasteiger partial charge in [-0.05, 0) is 44.9 Å². The maximum Gasteiger partial charge on any atom is 0.472 e. The molecule has 0 spiro atoms. The standard InChI is InChI=1S/C74H144NO8P/c1-3-5-7-9-11-13-15-17-19-21-23-25-27-29-31-33-34-35-36-37-38-39-41-43-45-47-49-51-53-55-57-59-61-63-65-67-74(77)83-72(71-82-84(78,79)81-69-68-75)70-80-73(76)66-64-62-60-58-56-54-52-50-48-46-44-42-40-32-30-28-26-24-22-20-18-16-14-12-10-8-6-4-2/h15,17,21,23,72H,3-14,16,18-20,22,24-71,75H2,1-2H3,(H,78,79)/b17-15-,23-21-. The smallest absolute Gasteiger partial charge is 0.462 e. The summed E-state index contributed by atoms with van der Waals surface area (Å²) in [7, 11) is -4.39. The lowest BCUT2D eigenvalue weighted by molar-refractivity contribution is -0.161. The van der Waals surface area contributed by atoms with E-state index in [1.165, 1.54) is 334 Å². The van der Waals surface area contributed by atoms with Gasteiger partial charge in [-0.25, -0.2) is 4.57 Å². The molecule has 0 fully saturated rings. The van der Waals surface area contributed by atoms with Crippen LogP contribution in [-0.4, -0.2) is 49.3 Å². The van der Waals surface area contributed by atoms with Gasteiger partial charge in [-0.15, -0.1) is 0 Å². The molecule has 2 unspecified atom stereocenters. The molecule has 0 aliphatic rings. The fourth-order valence-electron chi connectivity index (χ4n) is 11.6. The Kier molecular flexibility index (Phi) is 69.3. The Labute approximate surface area is 522 Å². The minimum Gasteiger partial charge on any atom is -0.462 e. The van der Waals surface area contributed by atoms with Crippen LogP contribution in [-0.2, 0) is 32.7 Å². The summed E-state index contributed by atoms with van der Waals surface area (Å²) in [6.07, 6.45) is 87.3. The van der Waals surface area contributed by atoms with Gasteiger partial charge in [0, 0.05) is 19.4 Å². The molecule has 0 aromatic rings. The van der Waals surface area contributed by atoms with Crippen molar-refractivity contribution in [2.75, 3.05) is 26.4 Å². The highest BCUT2D eigenvalue weighted by Gasteiger charge is 2.26. The average molecular weight is 1210 g/mol. The number of hydrogen-bond donors (Lipinski definition) is 2. The van der Waals surface area contributed by atoms with Gasteiger partial charge < -0.3 is 20.1 Å². The minimum atomic E-state index is -4.39. The van der Waals surface area contributed by atoms with Crippen LogP contribution in [0.25, 0.3) is 0 Å². The summed E-state index contributed by atoms with van der Waals surface area (Å²) in [5.41, 5.74) is 5.41. The summed E-state index contributed by atoms with van der Waals surface area (Å²) < 4.78 is 33.2. The molecule has 10 heteroatoms. The number of esters is 2. The van der Waals surface area contributed by atoms with Gasteiger partial charge in [-0.1, -0.05) is 372 Å². The minimum absolute atomic E-state index is 0.0574. The fraction of sp³-hybridized carbons (Fsp3) is 0.919. The lowest BCUT2D eigenvalue weighted by Gasteiger charge is -2.19. The van der Waals surface area contributed by atoms with Crippen molar-refractivity contribution in [2.45, 2.75) is 412 Å². The van der Waals surface area contributed by atoms with Gasteiger partial charge in [0.2, 0.25) is 0 Å². The molecule has 0 saturated carbocycles. The van der Waals surface area contributed by atoms with E-state index in [0.29, 0.717) is 6.42 Å². The van der Waals surface area contributed by atoms with Crippen LogP contribution >= 0.6 is 7.82 Å². The first-order valence-corrected chi connectivity index (χ1v) is 38.8. The van der Waals surface area contributed by atoms with E-state index in [4.69, 9.17) is 24.3 Å². The Morgan fingerprint density at radius 1 is 0.357 bits per heavy atom. The van der Waals surface area contributed by atoms with Gasteiger partial charge in [0.05, 0.1) is 13.2 Å². The quantitative estimate of drug-likeness (QED) is 0.0264. The van der Waals surface area contributed by atoms with Crippen molar-refractivity contribution in [1.29, 1.82) is 0 Å². The van der Waals surface area contributed by atoms with Crippen molar-refractivity contribution in [3.8, 4) is 0 Å². The van der Waals surface area contributed by atoms with E-state index in [-0.39, 0.29) is 38.6 Å². The predicted molar refractivity (Wildman–Crippen MR) is 363 cm³/mol. The first-order valence-electron chi connectivity index (χ1n) is 37.3. The van der Waals surface area contributed by atoms with E-state index in [1.54, 1.807) is 0 Å². The van der Waals surface area contributed by atoms with E-state index in [9.17, 15) is 19.0 Å². The second-order valence-corrected chi connectivity index (χ2v) is 27.0. The van der Waals surface area contributed by atoms with Crippen LogP contribution in [0.3, 0.4) is 0 Å². The molecule has 0 rings (SSSR count). The Morgan fingerprint density at radius 2 is 0.619 bits per heavy atom. The highest BCUT2D eigenvalue weighted by molar-refractivity contribution is 7.47. The summed E-state index contributed by atoms with van der Waals surface area (Å²) in [6, 6.07) is 0. The number of carbonyl (C=O) groups excluding carboxylic acids is 2. The van der Waals surface area contributed by atoms with Crippen LogP contribution < -0.4 is 5.73 Å². The second kappa shape index (κ2) is 70.6. The number of nitrogens with two attached hydrogens (primary N) is 1. The van der Waals surface area contributed by atoms with Crippen molar-refractivity contribution in [3.05, 3.63) is 24.3 Å². The zero-order valence-electron chi connectivity index (χ0n) is 56.2. The van der Waals surface area contributed by atoms with Crippen LogP contribution in [0.2, 0.25) is 0 Å². The van der Waals surface area contributed by atoms with E-state index in [1.807, 2.05) is 0 Å². The maximum atomic E-state index is 12.8. The number of unbranched alkanes of at least 4 members (excludes halogenated alkanes) is 55. The van der Waals surface area contributed by atoms with Gasteiger partial charge >= 0.3 is 19.8 Å². The summed E-state index contributed by atoms with van der Waals surface area (Å²) in [5, 5.41) is 0. The molecule has 0 heterocycles. The molecule has 0 saturated heterocycles. The maximum absolute atomic E-state index is 12.8. The number of ether oxygens (including phenoxy) is 2. The van der Waals surface area contributed by atoms with Gasteiger partial charge in [0.25, 0.3) is 0 Å². The second-order valence-electron chi connectivity index (χ2n) is 25.5. The van der Waals surface area contributed by atoms with E-state index >= 15 is 0 Å². The Bertz CT molecular complexity index is 1430. The zero-order valence-corrected chi connectivity index (χ0v) is 57.1. The van der Waals surface area contributed by atoms with Crippen LogP contribution in [0.4, 0.5) is 0 Å². The largest absolute Gasteiger partial charge is 0.472 e. The number of hydrogen-bond acceptors (Lipinski definition) is 8. The highest BCUT2D eigenvalue weighted by Crippen LogP contribution is 2.43. The molecule has 2 atom stereocenters. The molecule has 9 nitrogen and oxygen atoms in total. The van der Waals surface area contributed by atoms with Crippen LogP contribution in [0, 0.1) is 0 Å². The average Bonchev–Trinajstić information content (AvgIpc) is 3.58. The normalized spacial score (nSPS) is 13.0. The van der Waals surface area contributed by atoms with E-state index in [2.05, 4.69) is 38.2 Å². The van der Waals surface area contributed by atoms with Crippen molar-refractivity contribution >= 4 is 19.8 Å². The highest BCUT2D eigenvalue weighted by atomic mass is 31.2. The molecule has 0 aromatic carbocycles. The molecule has 0 aromatic heterocycles. The molecule has 0 aliphatic heterocycles. The summed E-state index contributed by atoms with van der Waals surface area (Å²) in [6.45, 7) is 3.83. The molecule has 498 valence electrons.